The SMILES string of the molecule is CNc1ccc(C(=O)OCC(=O)N2CC[C@@H](C)Sc3ccccc32)cc1[N+](=O)[O-]. The number of thioether (sulfide) groups is 1. The van der Waals surface area contributed by atoms with Gasteiger partial charge in [0.15, 0.2) is 6.61 Å². The van der Waals surface area contributed by atoms with E-state index in [0.29, 0.717) is 11.8 Å². The number of carbonyl (C=O) groups is 2. The van der Waals surface area contributed by atoms with Crippen molar-refractivity contribution in [1.29, 1.82) is 0 Å². The number of nitrogens with one attached hydrogen (secondary N) is 1. The average Bonchev–Trinajstić information content (AvgIpc) is 2.89. The van der Waals surface area contributed by atoms with E-state index in [1.54, 1.807) is 23.7 Å². The lowest BCUT2D eigenvalue weighted by Gasteiger charge is -2.22. The van der Waals surface area contributed by atoms with Crippen molar-refractivity contribution in [2.24, 2.45) is 0 Å². The van der Waals surface area contributed by atoms with Crippen LogP contribution >= 0.6 is 11.8 Å². The average molecular weight is 415 g/mol. The quantitative estimate of drug-likeness (QED) is 0.451. The number of nitro benzene ring substituents is 1. The van der Waals surface area contributed by atoms with Crippen LogP contribution in [0.2, 0.25) is 0 Å². The number of anilines is 2. The van der Waals surface area contributed by atoms with E-state index in [0.717, 1.165) is 23.1 Å². The maximum absolute atomic E-state index is 12.8. The van der Waals surface area contributed by atoms with Crippen molar-refractivity contribution in [3.05, 3.63) is 58.1 Å². The second-order valence-corrected chi connectivity index (χ2v) is 8.03. The van der Waals surface area contributed by atoms with Crippen LogP contribution in [0.3, 0.4) is 0 Å². The lowest BCUT2D eigenvalue weighted by molar-refractivity contribution is -0.384. The predicted octanol–water partition coefficient (Wildman–Crippen LogP) is 3.71. The molecule has 0 saturated carbocycles. The molecule has 2 aromatic rings. The Balaban J connectivity index is 1.72. The first-order chi connectivity index (χ1) is 13.9. The van der Waals surface area contributed by atoms with Gasteiger partial charge >= 0.3 is 5.97 Å². The van der Waals surface area contributed by atoms with Crippen molar-refractivity contribution < 1.29 is 19.2 Å². The van der Waals surface area contributed by atoms with Gasteiger partial charge < -0.3 is 15.0 Å². The zero-order valence-electron chi connectivity index (χ0n) is 16.1. The van der Waals surface area contributed by atoms with Crippen molar-refractivity contribution in [1.82, 2.24) is 0 Å². The topological polar surface area (TPSA) is 102 Å². The monoisotopic (exact) mass is 415 g/mol. The Kier molecular flexibility index (Phi) is 6.38. The molecule has 0 aliphatic carbocycles. The molecule has 152 valence electrons. The van der Waals surface area contributed by atoms with Gasteiger partial charge in [0.25, 0.3) is 11.6 Å². The fourth-order valence-corrected chi connectivity index (χ4v) is 4.17. The van der Waals surface area contributed by atoms with Gasteiger partial charge in [-0.2, -0.15) is 0 Å². The maximum atomic E-state index is 12.8. The van der Waals surface area contributed by atoms with Crippen LogP contribution in [0, 0.1) is 10.1 Å². The second-order valence-electron chi connectivity index (χ2n) is 6.55. The molecule has 3 rings (SSSR count). The number of hydrogen-bond acceptors (Lipinski definition) is 7. The number of carbonyl (C=O) groups excluding carboxylic acids is 2. The summed E-state index contributed by atoms with van der Waals surface area (Å²) in [4.78, 5) is 38.3. The van der Waals surface area contributed by atoms with Crippen LogP contribution in [0.4, 0.5) is 17.1 Å². The van der Waals surface area contributed by atoms with Crippen LogP contribution in [-0.2, 0) is 9.53 Å². The van der Waals surface area contributed by atoms with E-state index in [-0.39, 0.29) is 22.8 Å². The number of rotatable bonds is 5. The molecule has 0 aromatic heterocycles. The minimum Gasteiger partial charge on any atom is -0.452 e. The van der Waals surface area contributed by atoms with Gasteiger partial charge in [-0.15, -0.1) is 11.8 Å². The fourth-order valence-electron chi connectivity index (χ4n) is 3.06. The summed E-state index contributed by atoms with van der Waals surface area (Å²) >= 11 is 1.71. The van der Waals surface area contributed by atoms with Gasteiger partial charge in [0.05, 0.1) is 16.2 Å². The molecule has 0 fully saturated rings. The normalized spacial score (nSPS) is 15.8. The number of nitro groups is 1. The van der Waals surface area contributed by atoms with Crippen LogP contribution in [0.5, 0.6) is 0 Å². The first kappa shape index (κ1) is 20.7. The van der Waals surface area contributed by atoms with Gasteiger partial charge in [0.2, 0.25) is 0 Å². The lowest BCUT2D eigenvalue weighted by Crippen LogP contribution is -2.35. The zero-order chi connectivity index (χ0) is 21.0. The first-order valence-electron chi connectivity index (χ1n) is 9.10. The van der Waals surface area contributed by atoms with E-state index in [1.807, 2.05) is 24.3 Å². The molecule has 29 heavy (non-hydrogen) atoms. The Bertz CT molecular complexity index is 949. The van der Waals surface area contributed by atoms with Gasteiger partial charge in [-0.1, -0.05) is 19.1 Å². The number of amides is 1. The third-order valence-corrected chi connectivity index (χ3v) is 5.81. The molecule has 0 spiro atoms. The van der Waals surface area contributed by atoms with Gasteiger partial charge in [-0.3, -0.25) is 14.9 Å². The smallest absolute Gasteiger partial charge is 0.338 e. The van der Waals surface area contributed by atoms with E-state index < -0.39 is 17.5 Å². The minimum atomic E-state index is -0.782. The Morgan fingerprint density at radius 2 is 2.07 bits per heavy atom. The van der Waals surface area contributed by atoms with Crippen molar-refractivity contribution in [2.75, 3.05) is 30.4 Å². The number of fused-ring (bicyclic) bond motifs is 1. The van der Waals surface area contributed by atoms with Gasteiger partial charge in [0.1, 0.15) is 5.69 Å². The second kappa shape index (κ2) is 8.95. The number of esters is 1. The molecule has 2 aromatic carbocycles. The van der Waals surface area contributed by atoms with Gasteiger partial charge in [-0.05, 0) is 30.7 Å². The molecule has 8 nitrogen and oxygen atoms in total. The molecule has 0 radical (unpaired) electrons. The summed E-state index contributed by atoms with van der Waals surface area (Å²) in [6.07, 6.45) is 0.816. The molecule has 0 saturated heterocycles. The Hall–Kier alpha value is -3.07. The molecule has 0 unspecified atom stereocenters. The largest absolute Gasteiger partial charge is 0.452 e. The number of ether oxygens (including phenoxy) is 1. The third-order valence-electron chi connectivity index (χ3n) is 4.57. The van der Waals surface area contributed by atoms with Gasteiger partial charge in [0, 0.05) is 29.8 Å². The number of para-hydroxylation sites is 1. The molecule has 0 bridgehead atoms. The third kappa shape index (κ3) is 4.68. The molecular formula is C20H21N3O5S. The van der Waals surface area contributed by atoms with Crippen LogP contribution < -0.4 is 10.2 Å². The molecule has 1 aliphatic heterocycles. The lowest BCUT2D eigenvalue weighted by atomic mass is 10.1. The molecule has 1 heterocycles. The Morgan fingerprint density at radius 1 is 1.31 bits per heavy atom. The molecule has 1 N–H and O–H groups in total. The Labute approximate surface area is 172 Å². The highest BCUT2D eigenvalue weighted by atomic mass is 32.2. The summed E-state index contributed by atoms with van der Waals surface area (Å²) in [5, 5.41) is 14.2. The van der Waals surface area contributed by atoms with Crippen molar-refractivity contribution in [3.63, 3.8) is 0 Å². The summed E-state index contributed by atoms with van der Waals surface area (Å²) in [6, 6.07) is 11.6. The molecule has 1 atom stereocenters. The Morgan fingerprint density at radius 3 is 2.79 bits per heavy atom. The van der Waals surface area contributed by atoms with E-state index in [4.69, 9.17) is 4.74 Å². The number of hydrogen-bond donors (Lipinski definition) is 1. The molecule has 9 heteroatoms. The van der Waals surface area contributed by atoms with E-state index >= 15 is 0 Å². The number of benzene rings is 2. The van der Waals surface area contributed by atoms with Crippen LogP contribution in [0.1, 0.15) is 23.7 Å². The standard InChI is InChI=1S/C20H21N3O5S/c1-13-9-10-22(16-5-3-4-6-18(16)29-13)19(24)12-28-20(25)14-7-8-15(21-2)17(11-14)23(26)27/h3-8,11,13,21H,9-10,12H2,1-2H3/t13-/m1/s1. The summed E-state index contributed by atoms with van der Waals surface area (Å²) in [6.45, 7) is 2.20. The van der Waals surface area contributed by atoms with Gasteiger partial charge in [-0.25, -0.2) is 4.79 Å². The molecular weight excluding hydrogens is 394 g/mol. The van der Waals surface area contributed by atoms with Crippen molar-refractivity contribution in [3.8, 4) is 0 Å². The van der Waals surface area contributed by atoms with E-state index in [9.17, 15) is 19.7 Å². The van der Waals surface area contributed by atoms with Crippen LogP contribution in [0.25, 0.3) is 0 Å². The minimum absolute atomic E-state index is 0.0175. The molecule has 1 amide bonds. The van der Waals surface area contributed by atoms with E-state index in [1.165, 1.54) is 12.1 Å². The van der Waals surface area contributed by atoms with Crippen molar-refractivity contribution in [2.45, 2.75) is 23.5 Å². The fraction of sp³-hybridized carbons (Fsp3) is 0.300. The molecule has 1 aliphatic rings. The zero-order valence-corrected chi connectivity index (χ0v) is 16.9. The van der Waals surface area contributed by atoms with Crippen LogP contribution in [-0.4, -0.2) is 42.2 Å². The summed E-state index contributed by atoms with van der Waals surface area (Å²) in [5.41, 5.74) is 0.872. The number of nitrogens with zero attached hydrogens (tertiary/aromatic N) is 2. The highest BCUT2D eigenvalue weighted by Gasteiger charge is 2.25. The predicted molar refractivity (Wildman–Crippen MR) is 112 cm³/mol. The highest BCUT2D eigenvalue weighted by Crippen LogP contribution is 2.37. The van der Waals surface area contributed by atoms with Crippen molar-refractivity contribution >= 4 is 40.7 Å². The van der Waals surface area contributed by atoms with E-state index in [2.05, 4.69) is 12.2 Å². The summed E-state index contributed by atoms with van der Waals surface area (Å²) in [7, 11) is 1.55. The summed E-state index contributed by atoms with van der Waals surface area (Å²) < 4.78 is 5.15. The summed E-state index contributed by atoms with van der Waals surface area (Å²) in [5.74, 6) is -1.11. The van der Waals surface area contributed by atoms with Crippen LogP contribution in [0.15, 0.2) is 47.4 Å². The maximum Gasteiger partial charge on any atom is 0.338 e. The highest BCUT2D eigenvalue weighted by molar-refractivity contribution is 8.00. The first-order valence-corrected chi connectivity index (χ1v) is 9.98.